The zero-order valence-electron chi connectivity index (χ0n) is 17.3. The van der Waals surface area contributed by atoms with E-state index in [2.05, 4.69) is 15.3 Å². The number of amides is 1. The van der Waals surface area contributed by atoms with Crippen LogP contribution in [0.3, 0.4) is 0 Å². The molecule has 0 spiro atoms. The molecule has 33 heavy (non-hydrogen) atoms. The summed E-state index contributed by atoms with van der Waals surface area (Å²) in [6, 6.07) is 20.0. The molecule has 0 bridgehead atoms. The maximum absolute atomic E-state index is 12.9. The van der Waals surface area contributed by atoms with E-state index in [0.717, 1.165) is 16.0 Å². The second-order valence-electron chi connectivity index (χ2n) is 7.23. The number of nitrogens with zero attached hydrogens (tertiary/aromatic N) is 3. The minimum atomic E-state index is -0.403. The van der Waals surface area contributed by atoms with Gasteiger partial charge < -0.3 is 8.98 Å². The van der Waals surface area contributed by atoms with E-state index in [1.165, 1.54) is 17.4 Å². The van der Waals surface area contributed by atoms with Crippen LogP contribution >= 0.6 is 11.3 Å². The number of carbonyl (C=O) groups is 1. The number of benzene rings is 1. The molecule has 5 rings (SSSR count). The third-order valence-electron chi connectivity index (χ3n) is 5.00. The number of pyridine rings is 2. The highest BCUT2D eigenvalue weighted by Crippen LogP contribution is 2.39. The number of hydrogen-bond donors (Lipinski definition) is 1. The van der Waals surface area contributed by atoms with Crippen molar-refractivity contribution in [3.8, 4) is 21.9 Å². The Hall–Kier alpha value is -4.30. The van der Waals surface area contributed by atoms with Crippen molar-refractivity contribution in [2.45, 2.75) is 6.54 Å². The van der Waals surface area contributed by atoms with Crippen molar-refractivity contribution in [2.75, 3.05) is 5.32 Å². The molecule has 0 aliphatic heterocycles. The van der Waals surface area contributed by atoms with Gasteiger partial charge in [0.1, 0.15) is 5.69 Å². The first-order chi connectivity index (χ1) is 16.2. The van der Waals surface area contributed by atoms with Gasteiger partial charge in [-0.25, -0.2) is 4.98 Å². The number of anilines is 1. The summed E-state index contributed by atoms with van der Waals surface area (Å²) in [7, 11) is 0. The van der Waals surface area contributed by atoms with Crippen molar-refractivity contribution in [1.29, 1.82) is 0 Å². The van der Waals surface area contributed by atoms with E-state index in [4.69, 9.17) is 4.42 Å². The van der Waals surface area contributed by atoms with Gasteiger partial charge in [-0.2, -0.15) is 0 Å². The van der Waals surface area contributed by atoms with E-state index in [9.17, 15) is 9.59 Å². The van der Waals surface area contributed by atoms with Gasteiger partial charge in [0.25, 0.3) is 11.5 Å². The molecule has 7 nitrogen and oxygen atoms in total. The summed E-state index contributed by atoms with van der Waals surface area (Å²) in [6.45, 7) is 0.440. The van der Waals surface area contributed by atoms with Crippen LogP contribution < -0.4 is 10.9 Å². The Labute approximate surface area is 193 Å². The summed E-state index contributed by atoms with van der Waals surface area (Å²) < 4.78 is 7.10. The van der Waals surface area contributed by atoms with Crippen molar-refractivity contribution >= 4 is 22.4 Å². The highest BCUT2D eigenvalue weighted by atomic mass is 32.1. The summed E-state index contributed by atoms with van der Waals surface area (Å²) in [5.41, 5.74) is 2.57. The van der Waals surface area contributed by atoms with E-state index in [-0.39, 0.29) is 11.1 Å². The Balaban J connectivity index is 1.40. The van der Waals surface area contributed by atoms with Crippen LogP contribution in [-0.4, -0.2) is 20.4 Å². The summed E-state index contributed by atoms with van der Waals surface area (Å²) in [5.74, 6) is 0.196. The average molecular weight is 455 g/mol. The van der Waals surface area contributed by atoms with E-state index >= 15 is 0 Å². The third-order valence-corrected chi connectivity index (χ3v) is 6.02. The molecule has 1 aromatic carbocycles. The standard InChI is InChI=1S/C25H18N4O3S/c30-21-15-19(10-13-29(21)16-17-5-2-1-3-6-17)24(31)28-25-27-22(20-7-4-14-32-20)23(33-25)18-8-11-26-12-9-18/h1-15H,16H2,(H,27,28,31). The molecule has 0 saturated heterocycles. The molecule has 0 atom stereocenters. The first-order valence-electron chi connectivity index (χ1n) is 10.2. The van der Waals surface area contributed by atoms with E-state index < -0.39 is 5.91 Å². The molecule has 162 valence electrons. The van der Waals surface area contributed by atoms with Gasteiger partial charge in [0.15, 0.2) is 10.9 Å². The minimum Gasteiger partial charge on any atom is -0.463 e. The lowest BCUT2D eigenvalue weighted by molar-refractivity contribution is 0.102. The number of thiazole rings is 1. The Morgan fingerprint density at radius 1 is 1.03 bits per heavy atom. The van der Waals surface area contributed by atoms with E-state index in [1.807, 2.05) is 48.5 Å². The maximum Gasteiger partial charge on any atom is 0.257 e. The minimum absolute atomic E-state index is 0.251. The smallest absolute Gasteiger partial charge is 0.257 e. The lowest BCUT2D eigenvalue weighted by atomic mass is 10.2. The molecule has 0 radical (unpaired) electrons. The van der Waals surface area contributed by atoms with Gasteiger partial charge in [-0.3, -0.25) is 19.9 Å². The summed E-state index contributed by atoms with van der Waals surface area (Å²) in [5, 5.41) is 3.22. The van der Waals surface area contributed by atoms with Crippen molar-refractivity contribution < 1.29 is 9.21 Å². The van der Waals surface area contributed by atoms with Crippen LogP contribution in [0.1, 0.15) is 15.9 Å². The molecule has 1 N–H and O–H groups in total. The quantitative estimate of drug-likeness (QED) is 0.393. The Kier molecular flexibility index (Phi) is 5.65. The fourth-order valence-electron chi connectivity index (χ4n) is 3.38. The van der Waals surface area contributed by atoms with Crippen molar-refractivity contribution in [1.82, 2.24) is 14.5 Å². The maximum atomic E-state index is 12.9. The SMILES string of the molecule is O=C(Nc1nc(-c2ccco2)c(-c2ccncc2)s1)c1ccn(Cc2ccccc2)c(=O)c1. The molecule has 0 aliphatic carbocycles. The second kappa shape index (κ2) is 9.05. The Morgan fingerprint density at radius 3 is 2.58 bits per heavy atom. The van der Waals surface area contributed by atoms with E-state index in [1.54, 1.807) is 41.6 Å². The van der Waals surface area contributed by atoms with Gasteiger partial charge >= 0.3 is 0 Å². The molecule has 8 heteroatoms. The number of aromatic nitrogens is 3. The molecular weight excluding hydrogens is 436 g/mol. The highest BCUT2D eigenvalue weighted by molar-refractivity contribution is 7.19. The largest absolute Gasteiger partial charge is 0.463 e. The van der Waals surface area contributed by atoms with Crippen molar-refractivity contribution in [3.05, 3.63) is 113 Å². The molecule has 5 aromatic rings. The summed E-state index contributed by atoms with van der Waals surface area (Å²) in [6.07, 6.45) is 6.60. The Morgan fingerprint density at radius 2 is 1.85 bits per heavy atom. The first kappa shape index (κ1) is 20.6. The van der Waals surface area contributed by atoms with Crippen LogP contribution in [0.5, 0.6) is 0 Å². The second-order valence-corrected chi connectivity index (χ2v) is 8.23. The molecule has 0 saturated carbocycles. The molecule has 0 aliphatic rings. The van der Waals surface area contributed by atoms with Gasteiger partial charge in [-0.05, 0) is 41.5 Å². The molecule has 0 unspecified atom stereocenters. The van der Waals surface area contributed by atoms with Gasteiger partial charge in [-0.1, -0.05) is 41.7 Å². The van der Waals surface area contributed by atoms with Crippen molar-refractivity contribution in [3.63, 3.8) is 0 Å². The van der Waals surface area contributed by atoms with E-state index in [0.29, 0.717) is 23.1 Å². The van der Waals surface area contributed by atoms with Gasteiger partial charge in [0, 0.05) is 30.2 Å². The van der Waals surface area contributed by atoms with Crippen LogP contribution in [0.15, 0.2) is 101 Å². The number of hydrogen-bond acceptors (Lipinski definition) is 6. The topological polar surface area (TPSA) is 90.0 Å². The number of carbonyl (C=O) groups excluding carboxylic acids is 1. The average Bonchev–Trinajstić information content (AvgIpc) is 3.52. The van der Waals surface area contributed by atoms with Gasteiger partial charge in [0.05, 0.1) is 17.7 Å². The zero-order valence-corrected chi connectivity index (χ0v) is 18.2. The zero-order chi connectivity index (χ0) is 22.6. The Bertz CT molecular complexity index is 1440. The van der Waals surface area contributed by atoms with Crippen LogP contribution in [0.4, 0.5) is 5.13 Å². The highest BCUT2D eigenvalue weighted by Gasteiger charge is 2.19. The van der Waals surface area contributed by atoms with Crippen LogP contribution in [0, 0.1) is 0 Å². The summed E-state index contributed by atoms with van der Waals surface area (Å²) >= 11 is 1.33. The number of nitrogens with one attached hydrogen (secondary N) is 1. The number of furan rings is 1. The molecule has 0 fully saturated rings. The molecule has 1 amide bonds. The van der Waals surface area contributed by atoms with Gasteiger partial charge in [-0.15, -0.1) is 0 Å². The van der Waals surface area contributed by atoms with Crippen LogP contribution in [0.25, 0.3) is 21.9 Å². The molecule has 4 heterocycles. The normalized spacial score (nSPS) is 10.8. The van der Waals surface area contributed by atoms with Crippen molar-refractivity contribution in [2.24, 2.45) is 0 Å². The fourth-order valence-corrected chi connectivity index (χ4v) is 4.35. The van der Waals surface area contributed by atoms with Crippen LogP contribution in [0.2, 0.25) is 0 Å². The number of rotatable bonds is 6. The lowest BCUT2D eigenvalue weighted by Gasteiger charge is -2.07. The summed E-state index contributed by atoms with van der Waals surface area (Å²) in [4.78, 5) is 34.9. The predicted octanol–water partition coefficient (Wildman–Crippen LogP) is 4.93. The van der Waals surface area contributed by atoms with Crippen LogP contribution in [-0.2, 0) is 6.54 Å². The lowest BCUT2D eigenvalue weighted by Crippen LogP contribution is -2.22. The predicted molar refractivity (Wildman–Crippen MR) is 127 cm³/mol. The fraction of sp³-hybridized carbons (Fsp3) is 0.0400. The monoisotopic (exact) mass is 454 g/mol. The third kappa shape index (κ3) is 4.51. The molecule has 4 aromatic heterocycles. The van der Waals surface area contributed by atoms with Gasteiger partial charge in [0.2, 0.25) is 0 Å². The first-order valence-corrected chi connectivity index (χ1v) is 11.0. The molecular formula is C25H18N4O3S.